The van der Waals surface area contributed by atoms with Crippen molar-refractivity contribution in [1.29, 1.82) is 0 Å². The molecular weight excluding hydrogens is 304 g/mol. The smallest absolute Gasteiger partial charge is 0.273 e. The van der Waals surface area contributed by atoms with Crippen molar-refractivity contribution in [3.8, 4) is 5.69 Å². The predicted octanol–water partition coefficient (Wildman–Crippen LogP) is 1.28. The minimum absolute atomic E-state index is 0.0985. The first-order valence-electron chi connectivity index (χ1n) is 7.74. The van der Waals surface area contributed by atoms with Crippen LogP contribution in [0.15, 0.2) is 60.9 Å². The summed E-state index contributed by atoms with van der Waals surface area (Å²) in [6.45, 7) is 1.49. The van der Waals surface area contributed by atoms with Gasteiger partial charge >= 0.3 is 0 Å². The van der Waals surface area contributed by atoms with E-state index >= 15 is 0 Å². The Morgan fingerprint density at radius 2 is 1.88 bits per heavy atom. The first kappa shape index (κ1) is 14.4. The van der Waals surface area contributed by atoms with Gasteiger partial charge in [0.05, 0.1) is 17.9 Å². The van der Waals surface area contributed by atoms with Crippen LogP contribution in [-0.2, 0) is 0 Å². The summed E-state index contributed by atoms with van der Waals surface area (Å²) in [7, 11) is 0. The number of carbonyl (C=O) groups excluding carboxylic acids is 1. The summed E-state index contributed by atoms with van der Waals surface area (Å²) in [5.74, 6) is 0.723. The monoisotopic (exact) mass is 320 g/mol. The standard InChI is InChI=1S/C17H16N6O/c24-17(15-10-19-23(21-15)14-6-2-1-3-7-14)20-13-11-22(12-13)16-8-4-5-9-18-16/h1-10,13H,11-12H2,(H,20,24). The van der Waals surface area contributed by atoms with Crippen LogP contribution in [0.3, 0.4) is 0 Å². The van der Waals surface area contributed by atoms with Crippen molar-refractivity contribution in [2.75, 3.05) is 18.0 Å². The van der Waals surface area contributed by atoms with E-state index in [4.69, 9.17) is 0 Å². The minimum Gasteiger partial charge on any atom is -0.352 e. The summed E-state index contributed by atoms with van der Waals surface area (Å²) in [5.41, 5.74) is 1.14. The molecule has 0 atom stereocenters. The molecule has 1 N–H and O–H groups in total. The molecule has 2 aromatic heterocycles. The van der Waals surface area contributed by atoms with Crippen molar-refractivity contribution >= 4 is 11.7 Å². The van der Waals surface area contributed by atoms with Crippen LogP contribution in [0.1, 0.15) is 10.5 Å². The van der Waals surface area contributed by atoms with E-state index in [0.29, 0.717) is 5.69 Å². The van der Waals surface area contributed by atoms with Gasteiger partial charge in [-0.05, 0) is 24.3 Å². The van der Waals surface area contributed by atoms with Crippen molar-refractivity contribution in [3.05, 3.63) is 66.6 Å². The van der Waals surface area contributed by atoms with Crippen LogP contribution in [-0.4, -0.2) is 45.0 Å². The van der Waals surface area contributed by atoms with Crippen molar-refractivity contribution in [3.63, 3.8) is 0 Å². The molecule has 1 saturated heterocycles. The first-order chi connectivity index (χ1) is 11.8. The number of pyridine rings is 1. The Labute approximate surface area is 138 Å². The van der Waals surface area contributed by atoms with Crippen molar-refractivity contribution in [2.24, 2.45) is 0 Å². The lowest BCUT2D eigenvalue weighted by Gasteiger charge is -2.40. The zero-order valence-electron chi connectivity index (χ0n) is 12.9. The van der Waals surface area contributed by atoms with Gasteiger partial charge < -0.3 is 10.2 Å². The summed E-state index contributed by atoms with van der Waals surface area (Å²) in [6.07, 6.45) is 3.25. The van der Waals surface area contributed by atoms with Gasteiger partial charge in [0.1, 0.15) is 5.82 Å². The van der Waals surface area contributed by atoms with Gasteiger partial charge in [-0.25, -0.2) is 4.98 Å². The molecule has 7 heteroatoms. The molecular formula is C17H16N6O. The number of amides is 1. The molecule has 1 aliphatic heterocycles. The van der Waals surface area contributed by atoms with E-state index in [0.717, 1.165) is 24.6 Å². The number of para-hydroxylation sites is 1. The van der Waals surface area contributed by atoms with Crippen LogP contribution in [0.2, 0.25) is 0 Å². The van der Waals surface area contributed by atoms with Crippen LogP contribution >= 0.6 is 0 Å². The van der Waals surface area contributed by atoms with Crippen LogP contribution in [0.25, 0.3) is 5.69 Å². The molecule has 0 aliphatic carbocycles. The number of carbonyl (C=O) groups is 1. The highest BCUT2D eigenvalue weighted by atomic mass is 16.2. The van der Waals surface area contributed by atoms with Crippen molar-refractivity contribution in [1.82, 2.24) is 25.3 Å². The fourth-order valence-electron chi connectivity index (χ4n) is 2.61. The lowest BCUT2D eigenvalue weighted by atomic mass is 10.1. The maximum atomic E-state index is 12.3. The van der Waals surface area contributed by atoms with Crippen molar-refractivity contribution < 1.29 is 4.79 Å². The molecule has 4 rings (SSSR count). The van der Waals surface area contributed by atoms with Crippen LogP contribution in [0.4, 0.5) is 5.82 Å². The molecule has 0 radical (unpaired) electrons. The molecule has 120 valence electrons. The Morgan fingerprint density at radius 1 is 1.08 bits per heavy atom. The zero-order chi connectivity index (χ0) is 16.4. The molecule has 0 saturated carbocycles. The summed E-state index contributed by atoms with van der Waals surface area (Å²) in [6, 6.07) is 15.4. The highest BCUT2D eigenvalue weighted by molar-refractivity contribution is 5.92. The lowest BCUT2D eigenvalue weighted by Crippen LogP contribution is -2.59. The first-order valence-corrected chi connectivity index (χ1v) is 7.74. The fourth-order valence-corrected chi connectivity index (χ4v) is 2.61. The predicted molar refractivity (Wildman–Crippen MR) is 89.1 cm³/mol. The molecule has 1 aromatic carbocycles. The second kappa shape index (κ2) is 6.11. The third-order valence-corrected chi connectivity index (χ3v) is 3.90. The molecule has 24 heavy (non-hydrogen) atoms. The fraction of sp³-hybridized carbons (Fsp3) is 0.176. The third-order valence-electron chi connectivity index (χ3n) is 3.90. The highest BCUT2D eigenvalue weighted by Crippen LogP contribution is 2.17. The third kappa shape index (κ3) is 2.83. The molecule has 0 spiro atoms. The maximum absolute atomic E-state index is 12.3. The Hall–Kier alpha value is -3.22. The molecule has 1 amide bonds. The number of nitrogens with one attached hydrogen (secondary N) is 1. The van der Waals surface area contributed by atoms with Gasteiger partial charge in [0.25, 0.3) is 5.91 Å². The second-order valence-electron chi connectivity index (χ2n) is 5.62. The molecule has 7 nitrogen and oxygen atoms in total. The van der Waals surface area contributed by atoms with Gasteiger partial charge in [0.15, 0.2) is 5.69 Å². The second-order valence-corrected chi connectivity index (χ2v) is 5.62. The van der Waals surface area contributed by atoms with E-state index < -0.39 is 0 Å². The van der Waals surface area contributed by atoms with E-state index in [2.05, 4.69) is 25.4 Å². The number of benzene rings is 1. The van der Waals surface area contributed by atoms with Gasteiger partial charge in [-0.15, -0.1) is 5.10 Å². The molecule has 0 bridgehead atoms. The quantitative estimate of drug-likeness (QED) is 0.784. The lowest BCUT2D eigenvalue weighted by molar-refractivity contribution is 0.0924. The molecule has 1 fully saturated rings. The Balaban J connectivity index is 1.36. The molecule has 1 aliphatic rings. The van der Waals surface area contributed by atoms with E-state index in [9.17, 15) is 4.79 Å². The van der Waals surface area contributed by atoms with Crippen LogP contribution in [0.5, 0.6) is 0 Å². The van der Waals surface area contributed by atoms with Crippen LogP contribution < -0.4 is 10.2 Å². The normalized spacial score (nSPS) is 14.2. The number of anilines is 1. The van der Waals surface area contributed by atoms with Gasteiger partial charge in [0.2, 0.25) is 0 Å². The number of nitrogens with zero attached hydrogens (tertiary/aromatic N) is 5. The van der Waals surface area contributed by atoms with Gasteiger partial charge in [-0.2, -0.15) is 9.90 Å². The van der Waals surface area contributed by atoms with Gasteiger partial charge in [-0.1, -0.05) is 24.3 Å². The number of hydrogen-bond acceptors (Lipinski definition) is 5. The number of hydrogen-bond donors (Lipinski definition) is 1. The average Bonchev–Trinajstić information content (AvgIpc) is 3.09. The minimum atomic E-state index is -0.206. The Kier molecular flexibility index (Phi) is 3.66. The summed E-state index contributed by atoms with van der Waals surface area (Å²) >= 11 is 0. The Morgan fingerprint density at radius 3 is 2.62 bits per heavy atom. The van der Waals surface area contributed by atoms with E-state index in [1.54, 1.807) is 6.20 Å². The Bertz CT molecular complexity index is 827. The zero-order valence-corrected chi connectivity index (χ0v) is 12.9. The summed E-state index contributed by atoms with van der Waals surface area (Å²) in [4.78, 5) is 20.1. The SMILES string of the molecule is O=C(NC1CN(c2ccccn2)C1)c1cnn(-c2ccccc2)n1. The maximum Gasteiger partial charge on any atom is 0.273 e. The topological polar surface area (TPSA) is 75.9 Å². The largest absolute Gasteiger partial charge is 0.352 e. The van der Waals surface area contributed by atoms with Crippen LogP contribution in [0, 0.1) is 0 Å². The molecule has 0 unspecified atom stereocenters. The van der Waals surface area contributed by atoms with Gasteiger partial charge in [-0.3, -0.25) is 4.79 Å². The summed E-state index contributed by atoms with van der Waals surface area (Å²) < 4.78 is 0. The number of aromatic nitrogens is 4. The van der Waals surface area contributed by atoms with E-state index in [1.165, 1.54) is 11.0 Å². The average molecular weight is 320 g/mol. The van der Waals surface area contributed by atoms with Crippen molar-refractivity contribution in [2.45, 2.75) is 6.04 Å². The summed E-state index contributed by atoms with van der Waals surface area (Å²) in [5, 5.41) is 11.4. The molecule has 3 aromatic rings. The van der Waals surface area contributed by atoms with Gasteiger partial charge in [0, 0.05) is 19.3 Å². The number of rotatable bonds is 4. The molecule has 3 heterocycles. The van der Waals surface area contributed by atoms with E-state index in [-0.39, 0.29) is 11.9 Å². The highest BCUT2D eigenvalue weighted by Gasteiger charge is 2.29. The van der Waals surface area contributed by atoms with E-state index in [1.807, 2.05) is 48.5 Å².